The predicted molar refractivity (Wildman–Crippen MR) is 94.1 cm³/mol. The van der Waals surface area contributed by atoms with Gasteiger partial charge in [-0.3, -0.25) is 9.48 Å². The highest BCUT2D eigenvalue weighted by atomic mass is 32.2. The molecule has 0 radical (unpaired) electrons. The van der Waals surface area contributed by atoms with Crippen LogP contribution >= 0.6 is 11.8 Å². The van der Waals surface area contributed by atoms with Crippen molar-refractivity contribution in [2.45, 2.75) is 23.8 Å². The summed E-state index contributed by atoms with van der Waals surface area (Å²) in [5.74, 6) is 0.220. The van der Waals surface area contributed by atoms with Crippen molar-refractivity contribution in [3.63, 3.8) is 0 Å². The van der Waals surface area contributed by atoms with Gasteiger partial charge in [0.15, 0.2) is 0 Å². The first-order valence-electron chi connectivity index (χ1n) is 7.96. The van der Waals surface area contributed by atoms with Crippen LogP contribution in [-0.4, -0.2) is 41.1 Å². The first-order chi connectivity index (χ1) is 11.6. The van der Waals surface area contributed by atoms with Crippen LogP contribution in [0.25, 0.3) is 0 Å². The molecule has 0 bridgehead atoms. The lowest BCUT2D eigenvalue weighted by Crippen LogP contribution is -2.48. The highest BCUT2D eigenvalue weighted by molar-refractivity contribution is 7.98. The van der Waals surface area contributed by atoms with Crippen LogP contribution in [0.4, 0.5) is 10.2 Å². The fourth-order valence-electron chi connectivity index (χ4n) is 3.13. The van der Waals surface area contributed by atoms with Crippen LogP contribution < -0.4 is 10.2 Å². The predicted octanol–water partition coefficient (Wildman–Crippen LogP) is 2.68. The van der Waals surface area contributed by atoms with Gasteiger partial charge in [-0.1, -0.05) is 6.07 Å². The molecule has 1 aliphatic rings. The van der Waals surface area contributed by atoms with Crippen LogP contribution in [0, 0.1) is 5.82 Å². The lowest BCUT2D eigenvalue weighted by molar-refractivity contribution is 0.0926. The molecule has 2 aromatic rings. The normalized spacial score (nSPS) is 17.8. The number of hydrogen-bond donors (Lipinski definition) is 1. The average Bonchev–Trinajstić information content (AvgIpc) is 3.00. The summed E-state index contributed by atoms with van der Waals surface area (Å²) in [7, 11) is 1.90. The van der Waals surface area contributed by atoms with Gasteiger partial charge in [-0.25, -0.2) is 4.39 Å². The molecule has 0 spiro atoms. The Kier molecular flexibility index (Phi) is 5.08. The van der Waals surface area contributed by atoms with Crippen LogP contribution in [0.3, 0.4) is 0 Å². The molecule has 1 fully saturated rings. The summed E-state index contributed by atoms with van der Waals surface area (Å²) in [4.78, 5) is 15.4. The van der Waals surface area contributed by atoms with E-state index >= 15 is 0 Å². The Morgan fingerprint density at radius 1 is 1.42 bits per heavy atom. The largest absolute Gasteiger partial charge is 0.355 e. The molecule has 1 atom stereocenters. The number of benzene rings is 1. The molecule has 1 N–H and O–H groups in total. The van der Waals surface area contributed by atoms with E-state index in [1.54, 1.807) is 18.3 Å². The summed E-state index contributed by atoms with van der Waals surface area (Å²) in [6.45, 7) is 1.63. The van der Waals surface area contributed by atoms with Crippen molar-refractivity contribution in [3.8, 4) is 0 Å². The van der Waals surface area contributed by atoms with E-state index < -0.39 is 5.82 Å². The van der Waals surface area contributed by atoms with Gasteiger partial charge in [0.2, 0.25) is 0 Å². The summed E-state index contributed by atoms with van der Waals surface area (Å²) < 4.78 is 15.9. The summed E-state index contributed by atoms with van der Waals surface area (Å²) in [6.07, 6.45) is 5.48. The Hall–Kier alpha value is -2.02. The topological polar surface area (TPSA) is 50.2 Å². The van der Waals surface area contributed by atoms with Crippen molar-refractivity contribution in [2.24, 2.45) is 7.05 Å². The minimum Gasteiger partial charge on any atom is -0.355 e. The molecule has 1 amide bonds. The summed E-state index contributed by atoms with van der Waals surface area (Å²) in [6, 6.07) is 6.69. The summed E-state index contributed by atoms with van der Waals surface area (Å²) >= 11 is 1.38. The molecular formula is C17H21FN4OS. The third-order valence-electron chi connectivity index (χ3n) is 4.30. The Morgan fingerprint density at radius 3 is 2.96 bits per heavy atom. The molecule has 1 aliphatic heterocycles. The zero-order valence-electron chi connectivity index (χ0n) is 13.8. The van der Waals surface area contributed by atoms with Crippen molar-refractivity contribution in [1.82, 2.24) is 15.1 Å². The monoisotopic (exact) mass is 348 g/mol. The quantitative estimate of drug-likeness (QED) is 0.863. The number of amides is 1. The number of halogens is 1. The lowest BCUT2D eigenvalue weighted by Gasteiger charge is -2.34. The van der Waals surface area contributed by atoms with E-state index in [1.165, 1.54) is 17.8 Å². The number of carbonyl (C=O) groups is 1. The molecule has 7 heteroatoms. The van der Waals surface area contributed by atoms with E-state index in [-0.39, 0.29) is 17.5 Å². The van der Waals surface area contributed by atoms with Gasteiger partial charge in [0.1, 0.15) is 11.6 Å². The highest BCUT2D eigenvalue weighted by Crippen LogP contribution is 2.24. The number of carbonyl (C=O) groups excluding carboxylic acids is 1. The number of hydrogen-bond acceptors (Lipinski definition) is 4. The molecule has 2 heterocycles. The molecule has 0 saturated carbocycles. The van der Waals surface area contributed by atoms with Gasteiger partial charge in [-0.2, -0.15) is 5.10 Å². The van der Waals surface area contributed by atoms with E-state index in [0.717, 1.165) is 25.2 Å². The number of thioether (sulfide) groups is 1. The molecule has 3 rings (SSSR count). The minimum absolute atomic E-state index is 0.00420. The van der Waals surface area contributed by atoms with Crippen molar-refractivity contribution in [1.29, 1.82) is 0 Å². The third kappa shape index (κ3) is 3.40. The number of nitrogens with zero attached hydrogens (tertiary/aromatic N) is 3. The molecular weight excluding hydrogens is 327 g/mol. The zero-order chi connectivity index (χ0) is 17.1. The summed E-state index contributed by atoms with van der Waals surface area (Å²) in [5, 5.41) is 7.19. The maximum absolute atomic E-state index is 14.1. The second-order valence-electron chi connectivity index (χ2n) is 5.89. The summed E-state index contributed by atoms with van der Waals surface area (Å²) in [5.41, 5.74) is 0.141. The number of nitrogens with one attached hydrogen (secondary N) is 1. The maximum atomic E-state index is 14.1. The average molecular weight is 348 g/mol. The van der Waals surface area contributed by atoms with Crippen molar-refractivity contribution < 1.29 is 9.18 Å². The Morgan fingerprint density at radius 2 is 2.25 bits per heavy atom. The Labute approximate surface area is 145 Å². The molecule has 0 aliphatic carbocycles. The van der Waals surface area contributed by atoms with Crippen LogP contribution in [0.1, 0.15) is 23.2 Å². The smallest absolute Gasteiger partial charge is 0.255 e. The van der Waals surface area contributed by atoms with Gasteiger partial charge in [-0.15, -0.1) is 11.8 Å². The molecule has 1 saturated heterocycles. The Balaban J connectivity index is 1.72. The minimum atomic E-state index is -0.473. The van der Waals surface area contributed by atoms with Gasteiger partial charge in [0.25, 0.3) is 5.91 Å². The molecule has 1 aromatic heterocycles. The van der Waals surface area contributed by atoms with Crippen molar-refractivity contribution in [2.75, 3.05) is 24.2 Å². The SMILES string of the molecule is CSc1cccc(F)c1C(=O)NC1CCCN(c2ccnn2C)C1. The lowest BCUT2D eigenvalue weighted by atomic mass is 10.0. The molecule has 5 nitrogen and oxygen atoms in total. The molecule has 128 valence electrons. The third-order valence-corrected chi connectivity index (χ3v) is 5.08. The van der Waals surface area contributed by atoms with Crippen LogP contribution in [-0.2, 0) is 7.05 Å². The van der Waals surface area contributed by atoms with E-state index in [0.29, 0.717) is 11.4 Å². The van der Waals surface area contributed by atoms with Crippen molar-refractivity contribution in [3.05, 3.63) is 41.8 Å². The number of aryl methyl sites for hydroxylation is 1. The van der Waals surface area contributed by atoms with E-state index in [2.05, 4.69) is 15.3 Å². The van der Waals surface area contributed by atoms with E-state index in [9.17, 15) is 9.18 Å². The zero-order valence-corrected chi connectivity index (χ0v) is 14.6. The standard InChI is InChI=1S/C17H21FN4OS/c1-21-15(8-9-19-21)22-10-4-5-12(11-22)20-17(23)16-13(18)6-3-7-14(16)24-2/h3,6-9,12H,4-5,10-11H2,1-2H3,(H,20,23). The second kappa shape index (κ2) is 7.25. The molecule has 1 unspecified atom stereocenters. The number of aromatic nitrogens is 2. The van der Waals surface area contributed by atoms with Gasteiger partial charge in [0.05, 0.1) is 11.8 Å². The van der Waals surface area contributed by atoms with E-state index in [4.69, 9.17) is 0 Å². The van der Waals surface area contributed by atoms with Gasteiger partial charge in [-0.05, 0) is 31.2 Å². The number of anilines is 1. The number of piperidine rings is 1. The first-order valence-corrected chi connectivity index (χ1v) is 9.19. The number of rotatable bonds is 4. The fourth-order valence-corrected chi connectivity index (χ4v) is 3.74. The van der Waals surface area contributed by atoms with Crippen molar-refractivity contribution >= 4 is 23.5 Å². The van der Waals surface area contributed by atoms with Crippen LogP contribution in [0.15, 0.2) is 35.4 Å². The van der Waals surface area contributed by atoms with E-state index in [1.807, 2.05) is 24.1 Å². The Bertz CT molecular complexity index is 733. The molecule has 24 heavy (non-hydrogen) atoms. The van der Waals surface area contributed by atoms with Gasteiger partial charge >= 0.3 is 0 Å². The van der Waals surface area contributed by atoms with Gasteiger partial charge < -0.3 is 10.2 Å². The maximum Gasteiger partial charge on any atom is 0.255 e. The second-order valence-corrected chi connectivity index (χ2v) is 6.74. The highest BCUT2D eigenvalue weighted by Gasteiger charge is 2.25. The fraction of sp³-hybridized carbons (Fsp3) is 0.412. The first kappa shape index (κ1) is 16.8. The van der Waals surface area contributed by atoms with Crippen LogP contribution in [0.5, 0.6) is 0 Å². The van der Waals surface area contributed by atoms with Gasteiger partial charge in [0, 0.05) is 37.1 Å². The van der Waals surface area contributed by atoms with Crippen LogP contribution in [0.2, 0.25) is 0 Å². The molecule has 1 aromatic carbocycles.